The largest absolute Gasteiger partial charge is 0.573 e. The lowest BCUT2D eigenvalue weighted by Gasteiger charge is -2.41. The molecule has 2 aromatic carbocycles. The third-order valence-corrected chi connectivity index (χ3v) is 11.9. The minimum absolute atomic E-state index is 0.0435. The van der Waals surface area contributed by atoms with Crippen LogP contribution in [0.1, 0.15) is 41.5 Å². The second-order valence-corrected chi connectivity index (χ2v) is 17.4. The van der Waals surface area contributed by atoms with Crippen LogP contribution >= 0.6 is 11.8 Å². The van der Waals surface area contributed by atoms with Crippen molar-refractivity contribution in [1.82, 2.24) is 15.2 Å². The van der Waals surface area contributed by atoms with Crippen LogP contribution in [-0.4, -0.2) is 96.5 Å². The smallest absolute Gasteiger partial charge is 0.458 e. The average Bonchev–Trinajstić information content (AvgIpc) is 3.47. The van der Waals surface area contributed by atoms with E-state index in [1.165, 1.54) is 40.9 Å². The number of carbonyl (C=O) groups excluding carboxylic acids is 3. The molecular formula is C36H42F3N5O8S2. The summed E-state index contributed by atoms with van der Waals surface area (Å²) in [5, 5.41) is 2.10. The Bertz CT molecular complexity index is 1940. The summed E-state index contributed by atoms with van der Waals surface area (Å²) in [4.78, 5) is 49.3. The first-order chi connectivity index (χ1) is 25.1. The molecule has 0 aliphatic carbocycles. The number of anilines is 2. The predicted octanol–water partition coefficient (Wildman–Crippen LogP) is 5.61. The van der Waals surface area contributed by atoms with Gasteiger partial charge in [-0.2, -0.15) is 0 Å². The van der Waals surface area contributed by atoms with E-state index in [4.69, 9.17) is 9.47 Å². The fraction of sp³-hybridized carbons (Fsp3) is 0.444. The number of rotatable bonds is 10. The zero-order chi connectivity index (χ0) is 39.7. The van der Waals surface area contributed by atoms with Gasteiger partial charge >= 0.3 is 18.4 Å². The molecule has 292 valence electrons. The van der Waals surface area contributed by atoms with Gasteiger partial charge < -0.3 is 24.0 Å². The molecule has 1 aromatic heterocycles. The molecule has 5 rings (SSSR count). The number of sulfonamides is 1. The van der Waals surface area contributed by atoms with Crippen LogP contribution < -0.4 is 24.0 Å². The van der Waals surface area contributed by atoms with Crippen molar-refractivity contribution < 1.29 is 50.2 Å². The first-order valence-electron chi connectivity index (χ1n) is 16.9. The Morgan fingerprint density at radius 1 is 0.907 bits per heavy atom. The second kappa shape index (κ2) is 15.3. The first-order valence-corrected chi connectivity index (χ1v) is 19.4. The van der Waals surface area contributed by atoms with Gasteiger partial charge in [-0.3, -0.25) is 10.1 Å². The summed E-state index contributed by atoms with van der Waals surface area (Å²) in [5.74, 6) is -1.42. The Morgan fingerprint density at radius 2 is 1.52 bits per heavy atom. The maximum Gasteiger partial charge on any atom is 0.573 e. The van der Waals surface area contributed by atoms with E-state index in [1.54, 1.807) is 27.0 Å². The highest BCUT2D eigenvalue weighted by atomic mass is 32.2. The minimum atomic E-state index is -5.03. The van der Waals surface area contributed by atoms with E-state index in [-0.39, 0.29) is 11.4 Å². The van der Waals surface area contributed by atoms with E-state index < -0.39 is 66.9 Å². The number of halogens is 3. The number of ketones is 1. The molecular weight excluding hydrogens is 752 g/mol. The van der Waals surface area contributed by atoms with E-state index in [9.17, 15) is 36.0 Å². The van der Waals surface area contributed by atoms with Crippen LogP contribution in [0.25, 0.3) is 0 Å². The average molecular weight is 794 g/mol. The maximum atomic E-state index is 14.7. The highest BCUT2D eigenvalue weighted by Gasteiger charge is 2.57. The Morgan fingerprint density at radius 3 is 2.04 bits per heavy atom. The summed E-state index contributed by atoms with van der Waals surface area (Å²) in [7, 11) is -4.95. The molecule has 0 unspecified atom stereocenters. The topological polar surface area (TPSA) is 148 Å². The first kappa shape index (κ1) is 40.6. The van der Waals surface area contributed by atoms with Gasteiger partial charge in [-0.25, -0.2) is 27.3 Å². The standard InChI is InChI=1S/C36H42F3N5O8S2/c1-33(2,3)52-31(46)35(6,29(45)30-41-34(4,5)23-53-30)44(54(48,49)27-16-14-26(15-17-27)51-36(37,38)39)24-10-12-25(13-11-24)50-32(47)43-21-19-42(20-22-43)28-9-7-8-18-40-28/h7-18,30,41H,19-23H2,1-6H3/t30-,35+/m0/s1. The minimum Gasteiger partial charge on any atom is -0.458 e. The summed E-state index contributed by atoms with van der Waals surface area (Å²) in [6, 6.07) is 14.1. The summed E-state index contributed by atoms with van der Waals surface area (Å²) in [6.45, 7) is 11.2. The molecule has 2 aliphatic rings. The van der Waals surface area contributed by atoms with E-state index >= 15 is 0 Å². The lowest BCUT2D eigenvalue weighted by Crippen LogP contribution is -2.65. The van der Waals surface area contributed by atoms with E-state index in [1.807, 2.05) is 36.9 Å². The van der Waals surface area contributed by atoms with Crippen molar-refractivity contribution in [3.63, 3.8) is 0 Å². The van der Waals surface area contributed by atoms with Gasteiger partial charge in [-0.15, -0.1) is 24.9 Å². The monoisotopic (exact) mass is 793 g/mol. The van der Waals surface area contributed by atoms with Gasteiger partial charge in [0.15, 0.2) is 5.78 Å². The number of amides is 1. The van der Waals surface area contributed by atoms with Crippen molar-refractivity contribution >= 4 is 51.1 Å². The Kier molecular flexibility index (Phi) is 11.5. The van der Waals surface area contributed by atoms with Crippen molar-refractivity contribution in [3.05, 3.63) is 72.9 Å². The Balaban J connectivity index is 1.50. The van der Waals surface area contributed by atoms with Crippen LogP contribution in [0.15, 0.2) is 77.8 Å². The molecule has 0 radical (unpaired) electrons. The van der Waals surface area contributed by atoms with Crippen LogP contribution in [0.4, 0.5) is 29.5 Å². The Hall–Kier alpha value is -4.55. The SMILES string of the molecule is CC1(C)CS[C@@H](C(=O)[C@](C)(C(=O)OC(C)(C)C)N(c2ccc(OC(=O)N3CCN(c4ccccn4)CC3)cc2)S(=O)(=O)c2ccc(OC(F)(F)F)cc2)N1. The molecule has 3 heterocycles. The van der Waals surface area contributed by atoms with E-state index in [0.717, 1.165) is 37.0 Å². The van der Waals surface area contributed by atoms with Crippen molar-refractivity contribution in [2.75, 3.05) is 41.1 Å². The molecule has 18 heteroatoms. The third-order valence-electron chi connectivity index (χ3n) is 8.44. The molecule has 54 heavy (non-hydrogen) atoms. The normalized spacial score (nSPS) is 18.7. The fourth-order valence-electron chi connectivity index (χ4n) is 5.82. The van der Waals surface area contributed by atoms with Crippen LogP contribution in [-0.2, 0) is 24.3 Å². The molecule has 0 spiro atoms. The van der Waals surface area contributed by atoms with Crippen molar-refractivity contribution in [3.8, 4) is 11.5 Å². The second-order valence-electron chi connectivity index (χ2n) is 14.5. The van der Waals surface area contributed by atoms with E-state index in [0.29, 0.717) is 36.2 Å². The summed E-state index contributed by atoms with van der Waals surface area (Å²) < 4.78 is 83.9. The van der Waals surface area contributed by atoms with Gasteiger partial charge in [0.25, 0.3) is 10.0 Å². The van der Waals surface area contributed by atoms with Crippen LogP contribution in [0, 0.1) is 0 Å². The van der Waals surface area contributed by atoms with Gasteiger partial charge in [0.05, 0.1) is 10.6 Å². The quantitative estimate of drug-likeness (QED) is 0.201. The maximum absolute atomic E-state index is 14.7. The summed E-state index contributed by atoms with van der Waals surface area (Å²) in [5.41, 5.74) is -4.47. The number of aromatic nitrogens is 1. The molecule has 1 amide bonds. The number of thioether (sulfide) groups is 1. The van der Waals surface area contributed by atoms with Crippen LogP contribution in [0.2, 0.25) is 0 Å². The number of hydrogen-bond donors (Lipinski definition) is 1. The van der Waals surface area contributed by atoms with Gasteiger partial charge in [-0.05, 0) is 102 Å². The van der Waals surface area contributed by atoms with E-state index in [2.05, 4.69) is 15.0 Å². The molecule has 0 saturated carbocycles. The van der Waals surface area contributed by atoms with Gasteiger partial charge in [0.1, 0.15) is 28.3 Å². The number of esters is 1. The number of pyridine rings is 1. The van der Waals surface area contributed by atoms with Crippen LogP contribution in [0.3, 0.4) is 0 Å². The molecule has 0 bridgehead atoms. The van der Waals surface area contributed by atoms with Crippen molar-refractivity contribution in [1.29, 1.82) is 0 Å². The number of ether oxygens (including phenoxy) is 3. The highest BCUT2D eigenvalue weighted by molar-refractivity contribution is 8.01. The molecule has 13 nitrogen and oxygen atoms in total. The van der Waals surface area contributed by atoms with Gasteiger partial charge in [0, 0.05) is 43.7 Å². The molecule has 1 N–H and O–H groups in total. The third kappa shape index (κ3) is 9.38. The lowest BCUT2D eigenvalue weighted by molar-refractivity contribution is -0.274. The number of alkyl halides is 3. The van der Waals surface area contributed by atoms with Gasteiger partial charge in [0.2, 0.25) is 5.54 Å². The molecule has 2 saturated heterocycles. The zero-order valence-electron chi connectivity index (χ0n) is 30.5. The number of nitrogens with zero attached hydrogens (tertiary/aromatic N) is 4. The molecule has 2 aliphatic heterocycles. The predicted molar refractivity (Wildman–Crippen MR) is 196 cm³/mol. The van der Waals surface area contributed by atoms with Crippen molar-refractivity contribution in [2.24, 2.45) is 0 Å². The van der Waals surface area contributed by atoms with Crippen LogP contribution in [0.5, 0.6) is 11.5 Å². The highest BCUT2D eigenvalue weighted by Crippen LogP contribution is 2.39. The summed E-state index contributed by atoms with van der Waals surface area (Å²) in [6.07, 6.45) is -3.99. The Labute approximate surface area is 316 Å². The van der Waals surface area contributed by atoms with Crippen molar-refractivity contribution in [2.45, 2.75) is 74.9 Å². The number of Topliss-reactive ketones (excluding diaryl/α,β-unsaturated/α-hetero) is 1. The number of piperazine rings is 1. The number of carbonyl (C=O) groups is 3. The summed E-state index contributed by atoms with van der Waals surface area (Å²) >= 11 is 1.19. The lowest BCUT2D eigenvalue weighted by atomic mass is 9.94. The number of nitrogens with one attached hydrogen (secondary N) is 1. The molecule has 2 atom stereocenters. The molecule has 2 fully saturated rings. The molecule has 3 aromatic rings. The fourth-order valence-corrected chi connectivity index (χ4v) is 9.00. The number of hydrogen-bond acceptors (Lipinski definition) is 12. The van der Waals surface area contributed by atoms with Gasteiger partial charge in [-0.1, -0.05) is 6.07 Å². The zero-order valence-corrected chi connectivity index (χ0v) is 32.2. The number of benzene rings is 2.